The minimum absolute atomic E-state index is 0.0234. The number of aliphatic imine (C=N–C) groups is 1. The summed E-state index contributed by atoms with van der Waals surface area (Å²) in [5.74, 6) is 0.734. The van der Waals surface area contributed by atoms with E-state index < -0.39 is 0 Å². The Morgan fingerprint density at radius 2 is 1.87 bits per heavy atom. The number of aryl methyl sites for hydroxylation is 1. The lowest BCUT2D eigenvalue weighted by atomic mass is 10.1. The fourth-order valence-electron chi connectivity index (χ4n) is 3.41. The van der Waals surface area contributed by atoms with Gasteiger partial charge in [0.1, 0.15) is 5.75 Å². The second kappa shape index (κ2) is 9.85. The molecule has 1 saturated heterocycles. The molecule has 0 saturated carbocycles. The van der Waals surface area contributed by atoms with Crippen LogP contribution in [0.5, 0.6) is 5.75 Å². The standard InChI is InChI=1S/C24H29N3O2S/c1-6-26(7-2)19-14-13-18(21(16-19)29-5)15-22-23(28)27(8-3)24(30-22)25-20-12-10-9-11-17(20)4/h9-16H,6-8H2,1-5H3/b22-15+,25-24?. The lowest BCUT2D eigenvalue weighted by Crippen LogP contribution is -2.28. The number of rotatable bonds is 7. The molecule has 1 fully saturated rings. The van der Waals surface area contributed by atoms with Crippen molar-refractivity contribution in [3.8, 4) is 5.75 Å². The summed E-state index contributed by atoms with van der Waals surface area (Å²) in [6.07, 6.45) is 1.90. The topological polar surface area (TPSA) is 45.1 Å². The zero-order valence-corrected chi connectivity index (χ0v) is 19.1. The van der Waals surface area contributed by atoms with E-state index in [4.69, 9.17) is 9.73 Å². The summed E-state index contributed by atoms with van der Waals surface area (Å²) in [5.41, 5.74) is 3.97. The molecular weight excluding hydrogens is 394 g/mol. The monoisotopic (exact) mass is 423 g/mol. The summed E-state index contributed by atoms with van der Waals surface area (Å²) in [4.78, 5) is 22.4. The smallest absolute Gasteiger partial charge is 0.266 e. The number of para-hydroxylation sites is 1. The van der Waals surface area contributed by atoms with Gasteiger partial charge in [-0.2, -0.15) is 0 Å². The summed E-state index contributed by atoms with van der Waals surface area (Å²) in [6, 6.07) is 14.1. The predicted octanol–water partition coefficient (Wildman–Crippen LogP) is 5.47. The number of amides is 1. The van der Waals surface area contributed by atoms with Gasteiger partial charge >= 0.3 is 0 Å². The molecule has 2 aromatic rings. The molecule has 1 amide bonds. The van der Waals surface area contributed by atoms with Crippen LogP contribution in [0.3, 0.4) is 0 Å². The van der Waals surface area contributed by atoms with Gasteiger partial charge in [-0.25, -0.2) is 4.99 Å². The van der Waals surface area contributed by atoms with Gasteiger partial charge in [0.25, 0.3) is 5.91 Å². The van der Waals surface area contributed by atoms with Gasteiger partial charge in [0, 0.05) is 37.0 Å². The first-order chi connectivity index (χ1) is 14.5. The normalized spacial score (nSPS) is 16.6. The number of carbonyl (C=O) groups is 1. The summed E-state index contributed by atoms with van der Waals surface area (Å²) >= 11 is 1.41. The first kappa shape index (κ1) is 22.0. The van der Waals surface area contributed by atoms with Gasteiger partial charge in [0.05, 0.1) is 17.7 Å². The number of benzene rings is 2. The second-order valence-electron chi connectivity index (χ2n) is 6.94. The van der Waals surface area contributed by atoms with Gasteiger partial charge in [0.2, 0.25) is 0 Å². The van der Waals surface area contributed by atoms with Gasteiger partial charge in [0.15, 0.2) is 5.17 Å². The van der Waals surface area contributed by atoms with Crippen LogP contribution in [0, 0.1) is 6.92 Å². The summed E-state index contributed by atoms with van der Waals surface area (Å²) < 4.78 is 5.63. The van der Waals surface area contributed by atoms with E-state index in [1.807, 2.05) is 56.3 Å². The van der Waals surface area contributed by atoms with Crippen LogP contribution < -0.4 is 9.64 Å². The van der Waals surface area contributed by atoms with Gasteiger partial charge in [-0.05, 0) is 69.3 Å². The van der Waals surface area contributed by atoms with Crippen molar-refractivity contribution in [1.82, 2.24) is 4.90 Å². The van der Waals surface area contributed by atoms with E-state index in [-0.39, 0.29) is 5.91 Å². The minimum atomic E-state index is -0.0234. The van der Waals surface area contributed by atoms with Gasteiger partial charge in [-0.15, -0.1) is 0 Å². The third-order valence-electron chi connectivity index (χ3n) is 5.17. The molecule has 0 spiro atoms. The van der Waals surface area contributed by atoms with E-state index in [0.29, 0.717) is 16.6 Å². The number of carbonyl (C=O) groups excluding carboxylic acids is 1. The number of hydrogen-bond donors (Lipinski definition) is 0. The highest BCUT2D eigenvalue weighted by Gasteiger charge is 2.32. The maximum Gasteiger partial charge on any atom is 0.266 e. The molecule has 6 heteroatoms. The summed E-state index contributed by atoms with van der Waals surface area (Å²) in [5, 5.41) is 0.710. The maximum atomic E-state index is 13.0. The van der Waals surface area contributed by atoms with Crippen molar-refractivity contribution in [1.29, 1.82) is 0 Å². The zero-order chi connectivity index (χ0) is 21.7. The van der Waals surface area contributed by atoms with Gasteiger partial charge < -0.3 is 9.64 Å². The van der Waals surface area contributed by atoms with E-state index in [1.165, 1.54) is 11.8 Å². The second-order valence-corrected chi connectivity index (χ2v) is 7.95. The first-order valence-corrected chi connectivity index (χ1v) is 11.1. The largest absolute Gasteiger partial charge is 0.496 e. The molecule has 30 heavy (non-hydrogen) atoms. The van der Waals surface area contributed by atoms with Crippen LogP contribution in [0.4, 0.5) is 11.4 Å². The quantitative estimate of drug-likeness (QED) is 0.554. The molecule has 0 radical (unpaired) electrons. The third-order valence-corrected chi connectivity index (χ3v) is 6.17. The number of ether oxygens (including phenoxy) is 1. The Bertz CT molecular complexity index is 980. The van der Waals surface area contributed by atoms with Gasteiger partial charge in [-0.3, -0.25) is 9.69 Å². The molecule has 1 aliphatic heterocycles. The van der Waals surface area contributed by atoms with E-state index in [0.717, 1.165) is 41.3 Å². The number of amidine groups is 1. The van der Waals surface area contributed by atoms with Crippen LogP contribution in [0.25, 0.3) is 6.08 Å². The molecule has 2 aromatic carbocycles. The van der Waals surface area contributed by atoms with Crippen molar-refractivity contribution < 1.29 is 9.53 Å². The van der Waals surface area contributed by atoms with E-state index in [1.54, 1.807) is 12.0 Å². The molecular formula is C24H29N3O2S. The molecule has 0 aromatic heterocycles. The predicted molar refractivity (Wildman–Crippen MR) is 128 cm³/mol. The van der Waals surface area contributed by atoms with Crippen LogP contribution in [0.1, 0.15) is 31.9 Å². The highest BCUT2D eigenvalue weighted by atomic mass is 32.2. The molecule has 1 heterocycles. The molecule has 158 valence electrons. The van der Waals surface area contributed by atoms with Crippen molar-refractivity contribution in [2.24, 2.45) is 4.99 Å². The van der Waals surface area contributed by atoms with Crippen molar-refractivity contribution in [2.45, 2.75) is 27.7 Å². The van der Waals surface area contributed by atoms with E-state index in [9.17, 15) is 4.79 Å². The number of thioether (sulfide) groups is 1. The van der Waals surface area contributed by atoms with Crippen LogP contribution >= 0.6 is 11.8 Å². The third kappa shape index (κ3) is 4.54. The molecule has 0 aliphatic carbocycles. The molecule has 0 atom stereocenters. The molecule has 1 aliphatic rings. The van der Waals surface area contributed by atoms with E-state index >= 15 is 0 Å². The average Bonchev–Trinajstić information content (AvgIpc) is 3.05. The van der Waals surface area contributed by atoms with Crippen LogP contribution in [-0.2, 0) is 4.79 Å². The number of likely N-dealkylation sites (N-methyl/N-ethyl adjacent to an activating group) is 1. The van der Waals surface area contributed by atoms with Crippen molar-refractivity contribution in [3.63, 3.8) is 0 Å². The van der Waals surface area contributed by atoms with Crippen LogP contribution in [0.2, 0.25) is 0 Å². The number of hydrogen-bond acceptors (Lipinski definition) is 5. The summed E-state index contributed by atoms with van der Waals surface area (Å²) in [7, 11) is 1.66. The Balaban J connectivity index is 1.96. The first-order valence-electron chi connectivity index (χ1n) is 10.3. The van der Waals surface area contributed by atoms with Gasteiger partial charge in [-0.1, -0.05) is 18.2 Å². The Labute approximate surface area is 183 Å². The number of anilines is 1. The zero-order valence-electron chi connectivity index (χ0n) is 18.3. The highest BCUT2D eigenvalue weighted by Crippen LogP contribution is 2.36. The highest BCUT2D eigenvalue weighted by molar-refractivity contribution is 8.18. The Kier molecular flexibility index (Phi) is 7.21. The molecule has 5 nitrogen and oxygen atoms in total. The van der Waals surface area contributed by atoms with Crippen molar-refractivity contribution >= 4 is 40.3 Å². The minimum Gasteiger partial charge on any atom is -0.496 e. The number of nitrogens with zero attached hydrogens (tertiary/aromatic N) is 3. The Morgan fingerprint density at radius 1 is 1.13 bits per heavy atom. The Morgan fingerprint density at radius 3 is 2.50 bits per heavy atom. The fourth-order valence-corrected chi connectivity index (χ4v) is 4.45. The lowest BCUT2D eigenvalue weighted by molar-refractivity contribution is -0.122. The number of methoxy groups -OCH3 is 1. The van der Waals surface area contributed by atoms with Crippen molar-refractivity contribution in [3.05, 3.63) is 58.5 Å². The van der Waals surface area contributed by atoms with Crippen LogP contribution in [0.15, 0.2) is 52.4 Å². The summed E-state index contributed by atoms with van der Waals surface area (Å²) in [6.45, 7) is 10.7. The average molecular weight is 424 g/mol. The molecule has 0 bridgehead atoms. The SMILES string of the molecule is CCN1C(=O)/C(=C\c2ccc(N(CC)CC)cc2OC)SC1=Nc1ccccc1C. The maximum absolute atomic E-state index is 13.0. The molecule has 0 unspecified atom stereocenters. The lowest BCUT2D eigenvalue weighted by Gasteiger charge is -2.22. The molecule has 3 rings (SSSR count). The fraction of sp³-hybridized carbons (Fsp3) is 0.333. The molecule has 0 N–H and O–H groups in total. The van der Waals surface area contributed by atoms with E-state index in [2.05, 4.69) is 24.8 Å². The van der Waals surface area contributed by atoms with Crippen molar-refractivity contribution in [2.75, 3.05) is 31.6 Å². The Hall–Kier alpha value is -2.73. The van der Waals surface area contributed by atoms with Crippen LogP contribution in [-0.4, -0.2) is 42.7 Å².